The second-order valence-corrected chi connectivity index (χ2v) is 2.06. The standard InChI is InChI=1S/C5H4ClN3O2/c6-4-2-7-1-3(8-4)5(10)9-11/h1-2,11H,(H,9,10). The Labute approximate surface area is 67.0 Å². The smallest absolute Gasteiger partial charge is 0.288 e. The van der Waals surface area contributed by atoms with Crippen molar-refractivity contribution in [3.63, 3.8) is 0 Å². The lowest BCUT2D eigenvalue weighted by Gasteiger charge is -1.95. The molecule has 0 aliphatic carbocycles. The molecule has 0 aliphatic heterocycles. The van der Waals surface area contributed by atoms with Crippen molar-refractivity contribution in [2.75, 3.05) is 0 Å². The monoisotopic (exact) mass is 173 g/mol. The van der Waals surface area contributed by atoms with Gasteiger partial charge in [0.05, 0.1) is 12.4 Å². The molecule has 0 fully saturated rings. The summed E-state index contributed by atoms with van der Waals surface area (Å²) in [6.07, 6.45) is 2.48. The van der Waals surface area contributed by atoms with Crippen molar-refractivity contribution in [1.29, 1.82) is 0 Å². The Morgan fingerprint density at radius 3 is 2.91 bits per heavy atom. The number of nitrogens with one attached hydrogen (secondary N) is 1. The lowest BCUT2D eigenvalue weighted by atomic mass is 10.4. The second-order valence-electron chi connectivity index (χ2n) is 1.67. The third-order valence-electron chi connectivity index (χ3n) is 0.939. The van der Waals surface area contributed by atoms with Gasteiger partial charge < -0.3 is 0 Å². The number of hydrogen-bond donors (Lipinski definition) is 2. The molecule has 0 bridgehead atoms. The van der Waals surface area contributed by atoms with E-state index in [0.29, 0.717) is 0 Å². The first kappa shape index (κ1) is 7.90. The number of halogens is 1. The van der Waals surface area contributed by atoms with Gasteiger partial charge in [0, 0.05) is 0 Å². The summed E-state index contributed by atoms with van der Waals surface area (Å²) < 4.78 is 0. The number of rotatable bonds is 1. The van der Waals surface area contributed by atoms with Crippen molar-refractivity contribution in [1.82, 2.24) is 15.4 Å². The summed E-state index contributed by atoms with van der Waals surface area (Å²) >= 11 is 5.41. The molecule has 0 saturated carbocycles. The van der Waals surface area contributed by atoms with Crippen molar-refractivity contribution in [2.45, 2.75) is 0 Å². The molecular weight excluding hydrogens is 170 g/mol. The van der Waals surface area contributed by atoms with Crippen LogP contribution in [0.1, 0.15) is 10.5 Å². The summed E-state index contributed by atoms with van der Waals surface area (Å²) in [7, 11) is 0. The molecule has 58 valence electrons. The van der Waals surface area contributed by atoms with E-state index in [1.165, 1.54) is 17.9 Å². The lowest BCUT2D eigenvalue weighted by Crippen LogP contribution is -2.20. The third kappa shape index (κ3) is 1.86. The Bertz CT molecular complexity index is 278. The highest BCUT2D eigenvalue weighted by Gasteiger charge is 2.05. The van der Waals surface area contributed by atoms with E-state index in [1.54, 1.807) is 0 Å². The average molecular weight is 174 g/mol. The minimum Gasteiger partial charge on any atom is -0.288 e. The fourth-order valence-electron chi connectivity index (χ4n) is 0.509. The minimum absolute atomic E-state index is 0.0278. The van der Waals surface area contributed by atoms with Crippen LogP contribution >= 0.6 is 11.6 Å². The summed E-state index contributed by atoms with van der Waals surface area (Å²) in [5.41, 5.74) is 1.38. The van der Waals surface area contributed by atoms with E-state index in [0.717, 1.165) is 0 Å². The van der Waals surface area contributed by atoms with E-state index in [2.05, 4.69) is 9.97 Å². The van der Waals surface area contributed by atoms with Gasteiger partial charge in [-0.3, -0.25) is 15.0 Å². The molecule has 0 aromatic carbocycles. The van der Waals surface area contributed by atoms with Gasteiger partial charge in [-0.1, -0.05) is 11.6 Å². The molecule has 1 amide bonds. The van der Waals surface area contributed by atoms with Gasteiger partial charge in [-0.2, -0.15) is 0 Å². The largest absolute Gasteiger partial charge is 0.294 e. The number of nitrogens with zero attached hydrogens (tertiary/aromatic N) is 2. The highest BCUT2D eigenvalue weighted by atomic mass is 35.5. The van der Waals surface area contributed by atoms with E-state index < -0.39 is 5.91 Å². The van der Waals surface area contributed by atoms with Gasteiger partial charge in [0.1, 0.15) is 10.8 Å². The van der Waals surface area contributed by atoms with Crippen LogP contribution in [0.2, 0.25) is 5.15 Å². The van der Waals surface area contributed by atoms with Gasteiger partial charge in [0.2, 0.25) is 0 Å². The fraction of sp³-hybridized carbons (Fsp3) is 0. The van der Waals surface area contributed by atoms with Crippen LogP contribution in [0.3, 0.4) is 0 Å². The van der Waals surface area contributed by atoms with Crippen molar-refractivity contribution in [3.05, 3.63) is 23.2 Å². The summed E-state index contributed by atoms with van der Waals surface area (Å²) in [5.74, 6) is -0.736. The minimum atomic E-state index is -0.736. The summed E-state index contributed by atoms with van der Waals surface area (Å²) in [4.78, 5) is 17.8. The Morgan fingerprint density at radius 1 is 1.64 bits per heavy atom. The van der Waals surface area contributed by atoms with E-state index in [9.17, 15) is 4.79 Å². The highest BCUT2D eigenvalue weighted by molar-refractivity contribution is 6.29. The van der Waals surface area contributed by atoms with Crippen LogP contribution in [0.15, 0.2) is 12.4 Å². The number of aromatic nitrogens is 2. The van der Waals surface area contributed by atoms with Crippen LogP contribution in [0.25, 0.3) is 0 Å². The molecule has 1 aromatic heterocycles. The number of amides is 1. The molecule has 1 rings (SSSR count). The molecule has 5 nitrogen and oxygen atoms in total. The van der Waals surface area contributed by atoms with Gasteiger partial charge >= 0.3 is 0 Å². The summed E-state index contributed by atoms with van der Waals surface area (Å²) in [5, 5.41) is 8.27. The number of hydroxylamine groups is 1. The topological polar surface area (TPSA) is 75.1 Å². The van der Waals surface area contributed by atoms with Gasteiger partial charge in [0.25, 0.3) is 5.91 Å². The molecule has 1 heterocycles. The van der Waals surface area contributed by atoms with Gasteiger partial charge in [-0.25, -0.2) is 10.5 Å². The van der Waals surface area contributed by atoms with Crippen LogP contribution < -0.4 is 5.48 Å². The first-order valence-corrected chi connectivity index (χ1v) is 3.04. The molecule has 0 radical (unpaired) electrons. The quantitative estimate of drug-likeness (QED) is 0.472. The van der Waals surface area contributed by atoms with Gasteiger partial charge in [0.15, 0.2) is 0 Å². The predicted octanol–water partition coefficient (Wildman–Crippen LogP) is 0.249. The molecule has 0 spiro atoms. The first-order chi connectivity index (χ1) is 5.24. The predicted molar refractivity (Wildman–Crippen MR) is 36.3 cm³/mol. The zero-order chi connectivity index (χ0) is 8.27. The van der Waals surface area contributed by atoms with Crippen molar-refractivity contribution >= 4 is 17.5 Å². The maximum Gasteiger partial charge on any atom is 0.294 e. The lowest BCUT2D eigenvalue weighted by molar-refractivity contribution is 0.0700. The third-order valence-corrected chi connectivity index (χ3v) is 1.12. The molecule has 0 unspecified atom stereocenters. The Morgan fingerprint density at radius 2 is 2.36 bits per heavy atom. The zero-order valence-electron chi connectivity index (χ0n) is 5.28. The molecule has 1 aromatic rings. The van der Waals surface area contributed by atoms with Gasteiger partial charge in [-0.15, -0.1) is 0 Å². The van der Waals surface area contributed by atoms with E-state index in [1.807, 2.05) is 0 Å². The Kier molecular flexibility index (Phi) is 2.35. The molecular formula is C5H4ClN3O2. The van der Waals surface area contributed by atoms with Crippen molar-refractivity contribution in [2.24, 2.45) is 0 Å². The van der Waals surface area contributed by atoms with Crippen LogP contribution in [-0.2, 0) is 0 Å². The van der Waals surface area contributed by atoms with Crippen LogP contribution in [0.5, 0.6) is 0 Å². The number of hydrogen-bond acceptors (Lipinski definition) is 4. The first-order valence-electron chi connectivity index (χ1n) is 2.66. The highest BCUT2D eigenvalue weighted by Crippen LogP contribution is 2.01. The molecule has 2 N–H and O–H groups in total. The Balaban J connectivity index is 2.96. The molecule has 11 heavy (non-hydrogen) atoms. The molecule has 0 saturated heterocycles. The van der Waals surface area contributed by atoms with Crippen molar-refractivity contribution < 1.29 is 10.0 Å². The van der Waals surface area contributed by atoms with Gasteiger partial charge in [-0.05, 0) is 0 Å². The van der Waals surface area contributed by atoms with E-state index in [4.69, 9.17) is 16.8 Å². The van der Waals surface area contributed by atoms with Crippen molar-refractivity contribution in [3.8, 4) is 0 Å². The maximum absolute atomic E-state index is 10.6. The molecule has 0 atom stereocenters. The zero-order valence-corrected chi connectivity index (χ0v) is 6.04. The number of carbonyl (C=O) groups is 1. The molecule has 0 aliphatic rings. The Hall–Kier alpha value is -1.20. The average Bonchev–Trinajstić information content (AvgIpc) is 2.03. The number of carbonyl (C=O) groups excluding carboxylic acids is 1. The normalized spacial score (nSPS) is 9.27. The summed E-state index contributed by atoms with van der Waals surface area (Å²) in [6.45, 7) is 0. The van der Waals surface area contributed by atoms with Crippen LogP contribution in [-0.4, -0.2) is 21.1 Å². The SMILES string of the molecule is O=C(NO)c1cncc(Cl)n1. The fourth-order valence-corrected chi connectivity index (χ4v) is 0.656. The van der Waals surface area contributed by atoms with Crippen LogP contribution in [0.4, 0.5) is 0 Å². The second kappa shape index (κ2) is 3.27. The maximum atomic E-state index is 10.6. The summed E-state index contributed by atoms with van der Waals surface area (Å²) in [6, 6.07) is 0. The van der Waals surface area contributed by atoms with E-state index in [-0.39, 0.29) is 10.8 Å². The molecule has 6 heteroatoms. The van der Waals surface area contributed by atoms with Crippen LogP contribution in [0, 0.1) is 0 Å². The van der Waals surface area contributed by atoms with E-state index >= 15 is 0 Å².